The fraction of sp³-hybridized carbons (Fsp3) is 0.533. The van der Waals surface area contributed by atoms with Crippen LogP contribution in [0.4, 0.5) is 4.39 Å². The Hall–Kier alpha value is -1.42. The minimum absolute atomic E-state index is 0.0603. The van der Waals surface area contributed by atoms with Crippen molar-refractivity contribution in [2.75, 3.05) is 13.1 Å². The molecule has 1 heterocycles. The molecule has 1 fully saturated rings. The van der Waals surface area contributed by atoms with E-state index in [0.29, 0.717) is 11.1 Å². The molecule has 1 aromatic rings. The lowest BCUT2D eigenvalue weighted by atomic mass is 10.0. The van der Waals surface area contributed by atoms with E-state index in [1.807, 2.05) is 6.92 Å². The normalized spacial score (nSPS) is 20.3. The number of halogens is 1. The van der Waals surface area contributed by atoms with Crippen molar-refractivity contribution < 1.29 is 9.18 Å². The molecule has 3 nitrogen and oxygen atoms in total. The van der Waals surface area contributed by atoms with Gasteiger partial charge in [-0.1, -0.05) is 12.1 Å². The highest BCUT2D eigenvalue weighted by Crippen LogP contribution is 2.20. The van der Waals surface area contributed by atoms with Crippen LogP contribution < -0.4 is 10.6 Å². The van der Waals surface area contributed by atoms with Gasteiger partial charge in [-0.25, -0.2) is 4.39 Å². The molecule has 104 valence electrons. The van der Waals surface area contributed by atoms with Gasteiger partial charge in [0.1, 0.15) is 5.82 Å². The first-order valence-electron chi connectivity index (χ1n) is 6.76. The molecular formula is C15H21FN2O. The van der Waals surface area contributed by atoms with E-state index in [1.165, 1.54) is 0 Å². The zero-order valence-electron chi connectivity index (χ0n) is 11.7. The quantitative estimate of drug-likeness (QED) is 0.879. The van der Waals surface area contributed by atoms with E-state index in [-0.39, 0.29) is 23.7 Å². The second kappa shape index (κ2) is 5.70. The molecule has 0 radical (unpaired) electrons. The standard InChI is InChI=1S/C15H21FN2O/c1-9-6-13(7-10(2)14(9)16)11(3)18-15(19)12-4-5-17-8-12/h6-7,11-12,17H,4-5,8H2,1-3H3,(H,18,19)/t11-,12+/m1/s1. The fourth-order valence-corrected chi connectivity index (χ4v) is 2.52. The molecule has 1 aliphatic rings. The number of benzene rings is 1. The summed E-state index contributed by atoms with van der Waals surface area (Å²) in [5.74, 6) is -0.0236. The highest BCUT2D eigenvalue weighted by Gasteiger charge is 2.23. The van der Waals surface area contributed by atoms with Crippen LogP contribution in [-0.4, -0.2) is 19.0 Å². The smallest absolute Gasteiger partial charge is 0.224 e. The monoisotopic (exact) mass is 264 g/mol. The van der Waals surface area contributed by atoms with E-state index in [4.69, 9.17) is 0 Å². The summed E-state index contributed by atoms with van der Waals surface area (Å²) in [4.78, 5) is 12.0. The van der Waals surface area contributed by atoms with E-state index in [2.05, 4.69) is 10.6 Å². The highest BCUT2D eigenvalue weighted by atomic mass is 19.1. The predicted octanol–water partition coefficient (Wildman–Crippen LogP) is 2.23. The van der Waals surface area contributed by atoms with Crippen molar-refractivity contribution in [2.24, 2.45) is 5.92 Å². The molecule has 19 heavy (non-hydrogen) atoms. The minimum Gasteiger partial charge on any atom is -0.349 e. The van der Waals surface area contributed by atoms with Gasteiger partial charge in [0.05, 0.1) is 12.0 Å². The van der Waals surface area contributed by atoms with Crippen LogP contribution in [0, 0.1) is 25.6 Å². The van der Waals surface area contributed by atoms with E-state index >= 15 is 0 Å². The molecule has 2 atom stereocenters. The van der Waals surface area contributed by atoms with E-state index in [0.717, 1.165) is 25.1 Å². The molecule has 0 saturated carbocycles. The Morgan fingerprint density at radius 1 is 1.42 bits per heavy atom. The number of aryl methyl sites for hydroxylation is 2. The van der Waals surface area contributed by atoms with Gasteiger partial charge < -0.3 is 10.6 Å². The Bertz CT molecular complexity index is 458. The number of carbonyl (C=O) groups excluding carboxylic acids is 1. The summed E-state index contributed by atoms with van der Waals surface area (Å²) in [6, 6.07) is 3.52. The van der Waals surface area contributed by atoms with Gasteiger partial charge in [0, 0.05) is 6.54 Å². The van der Waals surface area contributed by atoms with Gasteiger partial charge in [-0.3, -0.25) is 4.79 Å². The maximum Gasteiger partial charge on any atom is 0.224 e. The Kier molecular flexibility index (Phi) is 4.20. The molecule has 4 heteroatoms. The fourth-order valence-electron chi connectivity index (χ4n) is 2.52. The number of rotatable bonds is 3. The van der Waals surface area contributed by atoms with Gasteiger partial charge in [0.15, 0.2) is 0 Å². The second-order valence-electron chi connectivity index (χ2n) is 5.39. The Balaban J connectivity index is 2.07. The summed E-state index contributed by atoms with van der Waals surface area (Å²) in [7, 11) is 0. The van der Waals surface area contributed by atoms with Crippen molar-refractivity contribution in [3.05, 3.63) is 34.6 Å². The van der Waals surface area contributed by atoms with Crippen LogP contribution in [0.25, 0.3) is 0 Å². The third-order valence-electron chi connectivity index (χ3n) is 3.75. The summed E-state index contributed by atoms with van der Waals surface area (Å²) >= 11 is 0. The van der Waals surface area contributed by atoms with Crippen molar-refractivity contribution in [1.29, 1.82) is 0 Å². The average molecular weight is 264 g/mol. The van der Waals surface area contributed by atoms with Crippen LogP contribution in [0.1, 0.15) is 36.1 Å². The van der Waals surface area contributed by atoms with E-state index < -0.39 is 0 Å². The van der Waals surface area contributed by atoms with Crippen molar-refractivity contribution in [1.82, 2.24) is 10.6 Å². The maximum absolute atomic E-state index is 13.6. The summed E-state index contributed by atoms with van der Waals surface area (Å²) < 4.78 is 13.6. The van der Waals surface area contributed by atoms with E-state index in [1.54, 1.807) is 26.0 Å². The van der Waals surface area contributed by atoms with Crippen molar-refractivity contribution in [2.45, 2.75) is 33.2 Å². The lowest BCUT2D eigenvalue weighted by Gasteiger charge is -2.18. The zero-order valence-corrected chi connectivity index (χ0v) is 11.7. The Morgan fingerprint density at radius 2 is 2.05 bits per heavy atom. The lowest BCUT2D eigenvalue weighted by Crippen LogP contribution is -2.33. The van der Waals surface area contributed by atoms with Crippen molar-refractivity contribution in [3.8, 4) is 0 Å². The maximum atomic E-state index is 13.6. The van der Waals surface area contributed by atoms with Crippen LogP contribution >= 0.6 is 0 Å². The van der Waals surface area contributed by atoms with Crippen LogP contribution in [0.3, 0.4) is 0 Å². The SMILES string of the molecule is Cc1cc([C@@H](C)NC(=O)[C@H]2CCNC2)cc(C)c1F. The number of hydrogen-bond donors (Lipinski definition) is 2. The lowest BCUT2D eigenvalue weighted by molar-refractivity contribution is -0.125. The molecular weight excluding hydrogens is 243 g/mol. The second-order valence-corrected chi connectivity index (χ2v) is 5.39. The number of hydrogen-bond acceptors (Lipinski definition) is 2. The first kappa shape index (κ1) is 14.0. The molecule has 0 aliphatic carbocycles. The predicted molar refractivity (Wildman–Crippen MR) is 73.4 cm³/mol. The molecule has 2 rings (SSSR count). The molecule has 1 aliphatic heterocycles. The molecule has 1 saturated heterocycles. The molecule has 2 N–H and O–H groups in total. The molecule has 0 bridgehead atoms. The molecule has 1 aromatic carbocycles. The largest absolute Gasteiger partial charge is 0.349 e. The highest BCUT2D eigenvalue weighted by molar-refractivity contribution is 5.79. The molecule has 0 aromatic heterocycles. The number of amides is 1. The van der Waals surface area contributed by atoms with Gasteiger partial charge in [-0.15, -0.1) is 0 Å². The van der Waals surface area contributed by atoms with Gasteiger partial charge in [0.25, 0.3) is 0 Å². The molecule has 0 unspecified atom stereocenters. The van der Waals surface area contributed by atoms with Crippen LogP contribution in [0.2, 0.25) is 0 Å². The van der Waals surface area contributed by atoms with Gasteiger partial charge in [0.2, 0.25) is 5.91 Å². The summed E-state index contributed by atoms with van der Waals surface area (Å²) in [5.41, 5.74) is 2.20. The van der Waals surface area contributed by atoms with Crippen LogP contribution in [0.5, 0.6) is 0 Å². The number of carbonyl (C=O) groups is 1. The van der Waals surface area contributed by atoms with Gasteiger partial charge in [-0.05, 0) is 50.4 Å². The topological polar surface area (TPSA) is 41.1 Å². The molecule has 0 spiro atoms. The van der Waals surface area contributed by atoms with E-state index in [9.17, 15) is 9.18 Å². The van der Waals surface area contributed by atoms with Crippen molar-refractivity contribution in [3.63, 3.8) is 0 Å². The summed E-state index contributed by atoms with van der Waals surface area (Å²) in [5, 5.41) is 6.19. The first-order chi connectivity index (χ1) is 8.99. The molecule has 1 amide bonds. The third-order valence-corrected chi connectivity index (χ3v) is 3.75. The van der Waals surface area contributed by atoms with Gasteiger partial charge in [-0.2, -0.15) is 0 Å². The van der Waals surface area contributed by atoms with Gasteiger partial charge >= 0.3 is 0 Å². The number of nitrogens with one attached hydrogen (secondary N) is 2. The zero-order chi connectivity index (χ0) is 14.0. The van der Waals surface area contributed by atoms with Crippen LogP contribution in [-0.2, 0) is 4.79 Å². The minimum atomic E-state index is -0.165. The summed E-state index contributed by atoms with van der Waals surface area (Å²) in [6.45, 7) is 7.09. The summed E-state index contributed by atoms with van der Waals surface area (Å²) in [6.07, 6.45) is 0.889. The Labute approximate surface area is 113 Å². The van der Waals surface area contributed by atoms with Crippen molar-refractivity contribution >= 4 is 5.91 Å². The van der Waals surface area contributed by atoms with Crippen LogP contribution in [0.15, 0.2) is 12.1 Å². The Morgan fingerprint density at radius 3 is 2.58 bits per heavy atom. The average Bonchev–Trinajstić information content (AvgIpc) is 2.89. The first-order valence-corrected chi connectivity index (χ1v) is 6.76. The third kappa shape index (κ3) is 3.13.